The van der Waals surface area contributed by atoms with Gasteiger partial charge in [0.25, 0.3) is 0 Å². The molecule has 0 atom stereocenters. The molecule has 2 rings (SSSR count). The third-order valence-corrected chi connectivity index (χ3v) is 4.63. The summed E-state index contributed by atoms with van der Waals surface area (Å²) in [6, 6.07) is 12.5. The van der Waals surface area contributed by atoms with Gasteiger partial charge in [0.15, 0.2) is 0 Å². The van der Waals surface area contributed by atoms with Crippen molar-refractivity contribution < 1.29 is 19.1 Å². The molecule has 0 aliphatic rings. The number of anilines is 2. The molecule has 6 nitrogen and oxygen atoms in total. The molecule has 0 unspecified atom stereocenters. The van der Waals surface area contributed by atoms with E-state index in [4.69, 9.17) is 0 Å². The van der Waals surface area contributed by atoms with Crippen LogP contribution in [0.3, 0.4) is 0 Å². The van der Waals surface area contributed by atoms with Crippen LogP contribution < -0.4 is 10.6 Å². The molecule has 0 fully saturated rings. The number of hydrogen-bond acceptors (Lipinski definition) is 5. The van der Waals surface area contributed by atoms with Gasteiger partial charge in [-0.2, -0.15) is 0 Å². The van der Waals surface area contributed by atoms with Crippen molar-refractivity contribution in [1.82, 2.24) is 0 Å². The lowest BCUT2D eigenvalue weighted by Crippen LogP contribution is -2.19. The summed E-state index contributed by atoms with van der Waals surface area (Å²) in [6.45, 7) is 3.78. The van der Waals surface area contributed by atoms with Crippen LogP contribution in [0, 0.1) is 13.8 Å². The lowest BCUT2D eigenvalue weighted by Gasteiger charge is -2.10. The minimum absolute atomic E-state index is 0.128. The maximum atomic E-state index is 12.1. The van der Waals surface area contributed by atoms with Gasteiger partial charge in [0, 0.05) is 11.4 Å². The molecule has 2 aromatic carbocycles. The van der Waals surface area contributed by atoms with E-state index < -0.39 is 5.97 Å². The van der Waals surface area contributed by atoms with Gasteiger partial charge in [0.2, 0.25) is 11.8 Å². The number of carbonyl (C=O) groups excluding carboxylic acids is 3. The van der Waals surface area contributed by atoms with Crippen LogP contribution >= 0.6 is 11.8 Å². The molecule has 142 valence electrons. The van der Waals surface area contributed by atoms with Crippen LogP contribution in [0.4, 0.5) is 11.4 Å². The summed E-state index contributed by atoms with van der Waals surface area (Å²) in [4.78, 5) is 35.7. The third kappa shape index (κ3) is 6.45. The summed E-state index contributed by atoms with van der Waals surface area (Å²) in [5.74, 6) is -0.575. The smallest absolute Gasteiger partial charge is 0.337 e. The number of rotatable bonds is 7. The van der Waals surface area contributed by atoms with E-state index in [2.05, 4.69) is 15.4 Å². The SMILES string of the molecule is COC(=O)c1ccc(C)c(NC(=O)CSCC(=O)Nc2cccc(C)c2)c1. The highest BCUT2D eigenvalue weighted by Gasteiger charge is 2.11. The Hall–Kier alpha value is -2.80. The van der Waals surface area contributed by atoms with Crippen molar-refractivity contribution in [2.24, 2.45) is 0 Å². The number of aryl methyl sites for hydroxylation is 2. The van der Waals surface area contributed by atoms with Gasteiger partial charge in [-0.3, -0.25) is 9.59 Å². The molecular formula is C20H22N2O4S. The van der Waals surface area contributed by atoms with E-state index in [0.717, 1.165) is 16.8 Å². The van der Waals surface area contributed by atoms with Crippen molar-refractivity contribution in [2.75, 3.05) is 29.2 Å². The first-order valence-electron chi connectivity index (χ1n) is 8.32. The molecular weight excluding hydrogens is 364 g/mol. The van der Waals surface area contributed by atoms with Gasteiger partial charge >= 0.3 is 5.97 Å². The van der Waals surface area contributed by atoms with E-state index in [1.165, 1.54) is 18.9 Å². The Morgan fingerprint density at radius 2 is 1.67 bits per heavy atom. The van der Waals surface area contributed by atoms with Gasteiger partial charge in [0.1, 0.15) is 0 Å². The molecule has 2 N–H and O–H groups in total. The van der Waals surface area contributed by atoms with Crippen LogP contribution in [-0.4, -0.2) is 36.4 Å². The zero-order valence-corrected chi connectivity index (χ0v) is 16.3. The van der Waals surface area contributed by atoms with E-state index in [0.29, 0.717) is 11.3 Å². The zero-order valence-electron chi connectivity index (χ0n) is 15.5. The highest BCUT2D eigenvalue weighted by molar-refractivity contribution is 8.00. The highest BCUT2D eigenvalue weighted by atomic mass is 32.2. The minimum Gasteiger partial charge on any atom is -0.465 e. The maximum absolute atomic E-state index is 12.1. The first-order chi connectivity index (χ1) is 12.9. The number of methoxy groups -OCH3 is 1. The largest absolute Gasteiger partial charge is 0.465 e. The van der Waals surface area contributed by atoms with Crippen molar-refractivity contribution in [2.45, 2.75) is 13.8 Å². The maximum Gasteiger partial charge on any atom is 0.337 e. The minimum atomic E-state index is -0.465. The van der Waals surface area contributed by atoms with Gasteiger partial charge in [-0.1, -0.05) is 18.2 Å². The van der Waals surface area contributed by atoms with Gasteiger partial charge in [0.05, 0.1) is 24.2 Å². The number of amides is 2. The van der Waals surface area contributed by atoms with Crippen LogP contribution in [0.5, 0.6) is 0 Å². The Morgan fingerprint density at radius 3 is 2.33 bits per heavy atom. The van der Waals surface area contributed by atoms with Crippen molar-refractivity contribution >= 4 is 40.9 Å². The number of ether oxygens (including phenoxy) is 1. The van der Waals surface area contributed by atoms with Gasteiger partial charge in [-0.15, -0.1) is 11.8 Å². The molecule has 0 aliphatic heterocycles. The fourth-order valence-electron chi connectivity index (χ4n) is 2.34. The number of benzene rings is 2. The lowest BCUT2D eigenvalue weighted by atomic mass is 10.1. The van der Waals surface area contributed by atoms with E-state index >= 15 is 0 Å². The second-order valence-corrected chi connectivity index (χ2v) is 6.97. The van der Waals surface area contributed by atoms with Gasteiger partial charge < -0.3 is 15.4 Å². The first kappa shape index (κ1) is 20.5. The second kappa shape index (κ2) is 9.78. The standard InChI is InChI=1S/C20H22N2O4S/c1-13-5-4-6-16(9-13)21-18(23)11-27-12-19(24)22-17-10-15(20(25)26-3)8-7-14(17)2/h4-10H,11-12H2,1-3H3,(H,21,23)(H,22,24). The molecule has 0 bridgehead atoms. The zero-order chi connectivity index (χ0) is 19.8. The molecule has 0 radical (unpaired) electrons. The van der Waals surface area contributed by atoms with E-state index in [-0.39, 0.29) is 23.3 Å². The highest BCUT2D eigenvalue weighted by Crippen LogP contribution is 2.18. The summed E-state index contributed by atoms with van der Waals surface area (Å²) in [5.41, 5.74) is 3.54. The average Bonchev–Trinajstić information content (AvgIpc) is 2.63. The van der Waals surface area contributed by atoms with Crippen LogP contribution in [0.25, 0.3) is 0 Å². The molecule has 0 aromatic heterocycles. The van der Waals surface area contributed by atoms with Crippen molar-refractivity contribution in [3.05, 3.63) is 59.2 Å². The van der Waals surface area contributed by atoms with Crippen LogP contribution in [0.2, 0.25) is 0 Å². The molecule has 27 heavy (non-hydrogen) atoms. The number of carbonyl (C=O) groups is 3. The molecule has 0 spiro atoms. The second-order valence-electron chi connectivity index (χ2n) is 5.98. The molecule has 0 saturated carbocycles. The Bertz CT molecular complexity index is 852. The number of nitrogens with one attached hydrogen (secondary N) is 2. The first-order valence-corrected chi connectivity index (χ1v) is 9.47. The number of hydrogen-bond donors (Lipinski definition) is 2. The Morgan fingerprint density at radius 1 is 0.963 bits per heavy atom. The fourth-order valence-corrected chi connectivity index (χ4v) is 2.96. The quantitative estimate of drug-likeness (QED) is 0.713. The molecule has 2 aromatic rings. The summed E-state index contributed by atoms with van der Waals surface area (Å²) in [5, 5.41) is 5.56. The van der Waals surface area contributed by atoms with Gasteiger partial charge in [-0.25, -0.2) is 4.79 Å². The van der Waals surface area contributed by atoms with E-state index in [1.807, 2.05) is 38.1 Å². The predicted octanol–water partition coefficient (Wildman–Crippen LogP) is 3.40. The topological polar surface area (TPSA) is 84.5 Å². The monoisotopic (exact) mass is 386 g/mol. The van der Waals surface area contributed by atoms with Crippen molar-refractivity contribution in [3.63, 3.8) is 0 Å². The van der Waals surface area contributed by atoms with Crippen molar-refractivity contribution in [3.8, 4) is 0 Å². The normalized spacial score (nSPS) is 10.2. The average molecular weight is 386 g/mol. The van der Waals surface area contributed by atoms with E-state index in [9.17, 15) is 14.4 Å². The van der Waals surface area contributed by atoms with E-state index in [1.54, 1.807) is 18.2 Å². The van der Waals surface area contributed by atoms with Gasteiger partial charge in [-0.05, 0) is 49.2 Å². The summed E-state index contributed by atoms with van der Waals surface area (Å²) in [6.07, 6.45) is 0. The lowest BCUT2D eigenvalue weighted by molar-refractivity contribution is -0.114. The molecule has 0 heterocycles. The third-order valence-electron chi connectivity index (χ3n) is 3.70. The Kier molecular flexibility index (Phi) is 7.43. The summed E-state index contributed by atoms with van der Waals surface area (Å²) in [7, 11) is 1.30. The Balaban J connectivity index is 1.82. The molecule has 2 amide bonds. The fraction of sp³-hybridized carbons (Fsp3) is 0.250. The summed E-state index contributed by atoms with van der Waals surface area (Å²) >= 11 is 1.22. The Labute approximate surface area is 162 Å². The van der Waals surface area contributed by atoms with Crippen LogP contribution in [0.1, 0.15) is 21.5 Å². The van der Waals surface area contributed by atoms with Crippen LogP contribution in [0.15, 0.2) is 42.5 Å². The molecule has 0 saturated heterocycles. The van der Waals surface area contributed by atoms with Crippen LogP contribution in [-0.2, 0) is 14.3 Å². The summed E-state index contributed by atoms with van der Waals surface area (Å²) < 4.78 is 4.68. The van der Waals surface area contributed by atoms with Crippen molar-refractivity contribution in [1.29, 1.82) is 0 Å². The number of thioether (sulfide) groups is 1. The molecule has 0 aliphatic carbocycles. The number of esters is 1. The molecule has 7 heteroatoms. The predicted molar refractivity (Wildman–Crippen MR) is 108 cm³/mol.